The molecule has 1 saturated heterocycles. The molecule has 92 valence electrons. The van der Waals surface area contributed by atoms with Crippen LogP contribution in [0.3, 0.4) is 0 Å². The Hall–Kier alpha value is -1.45. The van der Waals surface area contributed by atoms with Crippen LogP contribution in [0.1, 0.15) is 49.4 Å². The molecule has 1 fully saturated rings. The second-order valence-electron chi connectivity index (χ2n) is 4.61. The number of amides is 1. The minimum absolute atomic E-state index is 0.0843. The predicted octanol–water partition coefficient (Wildman–Crippen LogP) is 2.17. The van der Waals surface area contributed by atoms with E-state index >= 15 is 0 Å². The molecule has 1 aliphatic rings. The summed E-state index contributed by atoms with van der Waals surface area (Å²) in [5, 5.41) is 0. The molecule has 1 amide bonds. The summed E-state index contributed by atoms with van der Waals surface area (Å²) in [6.07, 6.45) is 2.59. The van der Waals surface area contributed by atoms with Crippen molar-refractivity contribution in [3.05, 3.63) is 23.3 Å². The van der Waals surface area contributed by atoms with Gasteiger partial charge < -0.3 is 4.90 Å². The fourth-order valence-electron chi connectivity index (χ4n) is 2.44. The van der Waals surface area contributed by atoms with Crippen LogP contribution in [0, 0.1) is 13.8 Å². The van der Waals surface area contributed by atoms with Gasteiger partial charge in [-0.2, -0.15) is 0 Å². The molecule has 4 heteroatoms. The molecule has 2 heterocycles. The maximum atomic E-state index is 11.8. The molecule has 17 heavy (non-hydrogen) atoms. The molecule has 0 aliphatic carbocycles. The van der Waals surface area contributed by atoms with Crippen molar-refractivity contribution in [3.8, 4) is 0 Å². The molecule has 0 radical (unpaired) electrons. The SMILES string of the molecule is CCC(=O)N1CCC[C@H]1c1nc(C)cc(C)n1. The van der Waals surface area contributed by atoms with Crippen LogP contribution in [0.2, 0.25) is 0 Å². The van der Waals surface area contributed by atoms with Gasteiger partial charge in [0.2, 0.25) is 5.91 Å². The van der Waals surface area contributed by atoms with Gasteiger partial charge >= 0.3 is 0 Å². The second kappa shape index (κ2) is 4.82. The normalized spacial score (nSPS) is 19.7. The van der Waals surface area contributed by atoms with E-state index in [9.17, 15) is 4.79 Å². The molecule has 4 nitrogen and oxygen atoms in total. The van der Waals surface area contributed by atoms with Crippen LogP contribution in [0.4, 0.5) is 0 Å². The van der Waals surface area contributed by atoms with Crippen LogP contribution in [-0.2, 0) is 4.79 Å². The maximum Gasteiger partial charge on any atom is 0.222 e. The van der Waals surface area contributed by atoms with E-state index in [1.165, 1.54) is 0 Å². The smallest absolute Gasteiger partial charge is 0.222 e. The number of nitrogens with zero attached hydrogens (tertiary/aromatic N) is 3. The Morgan fingerprint density at radius 2 is 2.06 bits per heavy atom. The molecule has 1 atom stereocenters. The Kier molecular flexibility index (Phi) is 3.41. The highest BCUT2D eigenvalue weighted by molar-refractivity contribution is 5.76. The largest absolute Gasteiger partial charge is 0.332 e. The first-order valence-corrected chi connectivity index (χ1v) is 6.23. The van der Waals surface area contributed by atoms with Crippen LogP contribution in [0.15, 0.2) is 6.07 Å². The van der Waals surface area contributed by atoms with Gasteiger partial charge in [0.1, 0.15) is 0 Å². The first-order chi connectivity index (χ1) is 8.11. The third kappa shape index (κ3) is 2.46. The van der Waals surface area contributed by atoms with Gasteiger partial charge in [0, 0.05) is 24.4 Å². The number of carbonyl (C=O) groups is 1. The minimum atomic E-state index is 0.0843. The fraction of sp³-hybridized carbons (Fsp3) is 0.615. The zero-order valence-electron chi connectivity index (χ0n) is 10.7. The molecule has 0 unspecified atom stereocenters. The lowest BCUT2D eigenvalue weighted by Gasteiger charge is -2.23. The highest BCUT2D eigenvalue weighted by Gasteiger charge is 2.31. The van der Waals surface area contributed by atoms with Crippen LogP contribution >= 0.6 is 0 Å². The zero-order chi connectivity index (χ0) is 12.4. The molecule has 1 aromatic rings. The molecular formula is C13H19N3O. The van der Waals surface area contributed by atoms with Crippen molar-refractivity contribution in [3.63, 3.8) is 0 Å². The van der Waals surface area contributed by atoms with Crippen molar-refractivity contribution >= 4 is 5.91 Å². The van der Waals surface area contributed by atoms with E-state index in [-0.39, 0.29) is 11.9 Å². The quantitative estimate of drug-likeness (QED) is 0.786. The number of hydrogen-bond acceptors (Lipinski definition) is 3. The van der Waals surface area contributed by atoms with Crippen molar-refractivity contribution in [2.75, 3.05) is 6.54 Å². The Morgan fingerprint density at radius 3 is 2.65 bits per heavy atom. The molecule has 0 bridgehead atoms. The molecule has 0 spiro atoms. The van der Waals surface area contributed by atoms with Crippen LogP contribution in [-0.4, -0.2) is 27.3 Å². The molecule has 0 aromatic carbocycles. The summed E-state index contributed by atoms with van der Waals surface area (Å²) in [4.78, 5) is 22.7. The lowest BCUT2D eigenvalue weighted by molar-refractivity contribution is -0.131. The number of aryl methyl sites for hydroxylation is 2. The molecular weight excluding hydrogens is 214 g/mol. The highest BCUT2D eigenvalue weighted by Crippen LogP contribution is 2.30. The summed E-state index contributed by atoms with van der Waals surface area (Å²) in [5.41, 5.74) is 1.95. The van der Waals surface area contributed by atoms with Crippen molar-refractivity contribution in [1.82, 2.24) is 14.9 Å². The highest BCUT2D eigenvalue weighted by atomic mass is 16.2. The molecule has 1 aliphatic heterocycles. The first kappa shape index (κ1) is 12.0. The second-order valence-corrected chi connectivity index (χ2v) is 4.61. The lowest BCUT2D eigenvalue weighted by atomic mass is 10.2. The summed E-state index contributed by atoms with van der Waals surface area (Å²) in [5.74, 6) is 1.01. The molecule has 1 aromatic heterocycles. The Bertz CT molecular complexity index is 410. The third-order valence-corrected chi connectivity index (χ3v) is 3.17. The van der Waals surface area contributed by atoms with Crippen molar-refractivity contribution in [2.45, 2.75) is 46.1 Å². The number of aromatic nitrogens is 2. The Labute approximate surface area is 102 Å². The van der Waals surface area contributed by atoms with Crippen LogP contribution in [0.5, 0.6) is 0 Å². The van der Waals surface area contributed by atoms with Gasteiger partial charge in [-0.15, -0.1) is 0 Å². The van der Waals surface area contributed by atoms with Crippen LogP contribution in [0.25, 0.3) is 0 Å². The average Bonchev–Trinajstić information content (AvgIpc) is 2.75. The number of hydrogen-bond donors (Lipinski definition) is 0. The Morgan fingerprint density at radius 1 is 1.41 bits per heavy atom. The summed E-state index contributed by atoms with van der Waals surface area (Å²) in [7, 11) is 0. The van der Waals surface area contributed by atoms with Crippen molar-refractivity contribution in [1.29, 1.82) is 0 Å². The van der Waals surface area contributed by atoms with Crippen LogP contribution < -0.4 is 0 Å². The summed E-state index contributed by atoms with van der Waals surface area (Å²) in [6.45, 7) is 6.69. The van der Waals surface area contributed by atoms with Crippen molar-refractivity contribution in [2.24, 2.45) is 0 Å². The molecule has 2 rings (SSSR count). The van der Waals surface area contributed by atoms with Gasteiger partial charge in [0.15, 0.2) is 5.82 Å². The summed E-state index contributed by atoms with van der Waals surface area (Å²) >= 11 is 0. The topological polar surface area (TPSA) is 46.1 Å². The number of likely N-dealkylation sites (tertiary alicyclic amines) is 1. The van der Waals surface area contributed by atoms with E-state index in [1.807, 2.05) is 31.7 Å². The van der Waals surface area contributed by atoms with Gasteiger partial charge in [0.25, 0.3) is 0 Å². The summed E-state index contributed by atoms with van der Waals surface area (Å²) < 4.78 is 0. The first-order valence-electron chi connectivity index (χ1n) is 6.23. The number of carbonyl (C=O) groups excluding carboxylic acids is 1. The predicted molar refractivity (Wildman–Crippen MR) is 65.5 cm³/mol. The average molecular weight is 233 g/mol. The minimum Gasteiger partial charge on any atom is -0.332 e. The van der Waals surface area contributed by atoms with Crippen molar-refractivity contribution < 1.29 is 4.79 Å². The third-order valence-electron chi connectivity index (χ3n) is 3.17. The zero-order valence-corrected chi connectivity index (χ0v) is 10.7. The van der Waals surface area contributed by atoms with Gasteiger partial charge in [-0.25, -0.2) is 9.97 Å². The van der Waals surface area contributed by atoms with E-state index in [1.54, 1.807) is 0 Å². The molecule has 0 saturated carbocycles. The standard InChI is InChI=1S/C13H19N3O/c1-4-12(17)16-7-5-6-11(16)13-14-9(2)8-10(3)15-13/h8,11H,4-7H2,1-3H3/t11-/m0/s1. The maximum absolute atomic E-state index is 11.8. The van der Waals surface area contributed by atoms with E-state index in [4.69, 9.17) is 0 Å². The van der Waals surface area contributed by atoms with E-state index in [2.05, 4.69) is 9.97 Å². The van der Waals surface area contributed by atoms with E-state index in [0.29, 0.717) is 6.42 Å². The van der Waals surface area contributed by atoms with Gasteiger partial charge in [-0.1, -0.05) is 6.92 Å². The molecule has 0 N–H and O–H groups in total. The Balaban J connectivity index is 2.28. The van der Waals surface area contributed by atoms with Gasteiger partial charge in [0.05, 0.1) is 6.04 Å². The number of rotatable bonds is 2. The van der Waals surface area contributed by atoms with E-state index < -0.39 is 0 Å². The van der Waals surface area contributed by atoms with Gasteiger partial charge in [-0.3, -0.25) is 4.79 Å². The lowest BCUT2D eigenvalue weighted by Crippen LogP contribution is -2.31. The van der Waals surface area contributed by atoms with E-state index in [0.717, 1.165) is 36.6 Å². The monoisotopic (exact) mass is 233 g/mol. The summed E-state index contributed by atoms with van der Waals surface area (Å²) in [6, 6.07) is 2.05. The fourth-order valence-corrected chi connectivity index (χ4v) is 2.44. The van der Waals surface area contributed by atoms with Gasteiger partial charge in [-0.05, 0) is 32.8 Å².